The molecule has 3 aromatic rings. The quantitative estimate of drug-likeness (QED) is 0.508. The van der Waals surface area contributed by atoms with Gasteiger partial charge < -0.3 is 15.2 Å². The topological polar surface area (TPSA) is 66.9 Å². The van der Waals surface area contributed by atoms with Crippen LogP contribution < -0.4 is 15.9 Å². The summed E-state index contributed by atoms with van der Waals surface area (Å²) in [6, 6.07) is 12.9. The fraction of sp³-hybridized carbons (Fsp3) is 0.158. The standard InChI is InChI=1S/C19H19Cl2N4OP/c1-12-10-13(20)8-9-15(12)24-19-22-11-14(21)18(25-19)23-16-6-4-5-7-17(16)27(2,3)26/h4-11H,1-3H3,(H2,22,23,24,25). The average Bonchev–Trinajstić information content (AvgIpc) is 2.60. The SMILES string of the molecule is Cc1cc(Cl)ccc1Nc1ncc(Cl)c(Nc2ccccc2P(C)(C)=O)n1. The Hall–Kier alpha value is -2.07. The van der Waals surface area contributed by atoms with Gasteiger partial charge in [0.2, 0.25) is 5.95 Å². The number of nitrogens with zero attached hydrogens (tertiary/aromatic N) is 2. The maximum absolute atomic E-state index is 12.6. The highest BCUT2D eigenvalue weighted by Crippen LogP contribution is 2.38. The van der Waals surface area contributed by atoms with Gasteiger partial charge in [-0.25, -0.2) is 4.98 Å². The molecule has 0 atom stereocenters. The minimum Gasteiger partial charge on any atom is -0.338 e. The molecule has 0 spiro atoms. The molecular weight excluding hydrogens is 402 g/mol. The molecule has 0 aliphatic carbocycles. The molecule has 0 fully saturated rings. The minimum absolute atomic E-state index is 0.366. The molecule has 140 valence electrons. The van der Waals surface area contributed by atoms with E-state index in [2.05, 4.69) is 20.6 Å². The van der Waals surface area contributed by atoms with Gasteiger partial charge in [-0.3, -0.25) is 0 Å². The zero-order chi connectivity index (χ0) is 19.6. The molecule has 0 saturated heterocycles. The van der Waals surface area contributed by atoms with Crippen LogP contribution in [0.3, 0.4) is 0 Å². The van der Waals surface area contributed by atoms with E-state index >= 15 is 0 Å². The number of hydrogen-bond acceptors (Lipinski definition) is 5. The molecule has 1 heterocycles. The van der Waals surface area contributed by atoms with E-state index in [4.69, 9.17) is 23.2 Å². The van der Waals surface area contributed by atoms with Crippen LogP contribution in [0.2, 0.25) is 10.0 Å². The van der Waals surface area contributed by atoms with E-state index in [1.807, 2.05) is 43.3 Å². The predicted octanol–water partition coefficient (Wildman–Crippen LogP) is 5.83. The Morgan fingerprint density at radius 2 is 1.74 bits per heavy atom. The second-order valence-corrected chi connectivity index (χ2v) is 10.5. The van der Waals surface area contributed by atoms with Crippen LogP contribution in [0, 0.1) is 6.92 Å². The van der Waals surface area contributed by atoms with Crippen molar-refractivity contribution >= 4 is 58.8 Å². The lowest BCUT2D eigenvalue weighted by atomic mass is 10.2. The molecule has 8 heteroatoms. The van der Waals surface area contributed by atoms with E-state index in [-0.39, 0.29) is 0 Å². The van der Waals surface area contributed by atoms with Crippen molar-refractivity contribution in [3.8, 4) is 0 Å². The molecule has 0 aliphatic heterocycles. The van der Waals surface area contributed by atoms with Crippen molar-refractivity contribution in [1.29, 1.82) is 0 Å². The Labute approximate surface area is 168 Å². The molecule has 0 bridgehead atoms. The summed E-state index contributed by atoms with van der Waals surface area (Å²) in [5.41, 5.74) is 2.53. The van der Waals surface area contributed by atoms with Crippen molar-refractivity contribution in [1.82, 2.24) is 9.97 Å². The number of nitrogens with one attached hydrogen (secondary N) is 2. The van der Waals surface area contributed by atoms with Crippen LogP contribution >= 0.6 is 30.3 Å². The summed E-state index contributed by atoms with van der Waals surface area (Å²) in [6.45, 7) is 5.40. The van der Waals surface area contributed by atoms with E-state index in [1.165, 1.54) is 6.20 Å². The van der Waals surface area contributed by atoms with Crippen molar-refractivity contribution in [2.24, 2.45) is 0 Å². The van der Waals surface area contributed by atoms with Gasteiger partial charge >= 0.3 is 0 Å². The van der Waals surface area contributed by atoms with Crippen LogP contribution in [0.4, 0.5) is 23.1 Å². The molecule has 0 radical (unpaired) electrons. The van der Waals surface area contributed by atoms with E-state index in [0.717, 1.165) is 16.6 Å². The number of anilines is 4. The third-order valence-corrected chi connectivity index (χ3v) is 5.98. The summed E-state index contributed by atoms with van der Waals surface area (Å²) < 4.78 is 12.6. The van der Waals surface area contributed by atoms with Crippen LogP contribution in [-0.2, 0) is 4.57 Å². The first-order valence-corrected chi connectivity index (χ1v) is 11.6. The third kappa shape index (κ3) is 4.81. The van der Waals surface area contributed by atoms with Gasteiger partial charge in [0, 0.05) is 16.0 Å². The van der Waals surface area contributed by atoms with Gasteiger partial charge in [0.1, 0.15) is 12.2 Å². The lowest BCUT2D eigenvalue weighted by Gasteiger charge is -2.16. The molecule has 2 aromatic carbocycles. The monoisotopic (exact) mass is 420 g/mol. The van der Waals surface area contributed by atoms with Crippen molar-refractivity contribution in [3.63, 3.8) is 0 Å². The number of aromatic nitrogens is 2. The van der Waals surface area contributed by atoms with Crippen LogP contribution in [0.25, 0.3) is 0 Å². The largest absolute Gasteiger partial charge is 0.338 e. The van der Waals surface area contributed by atoms with Gasteiger partial charge in [-0.2, -0.15) is 4.98 Å². The van der Waals surface area contributed by atoms with Crippen LogP contribution in [0.15, 0.2) is 48.7 Å². The average molecular weight is 421 g/mol. The van der Waals surface area contributed by atoms with E-state index in [9.17, 15) is 4.57 Å². The Balaban J connectivity index is 1.92. The summed E-state index contributed by atoms with van der Waals surface area (Å²) in [4.78, 5) is 8.69. The molecule has 0 unspecified atom stereocenters. The maximum Gasteiger partial charge on any atom is 0.229 e. The first kappa shape index (κ1) is 19.7. The normalized spacial score (nSPS) is 11.3. The Morgan fingerprint density at radius 1 is 1.00 bits per heavy atom. The van der Waals surface area contributed by atoms with Crippen LogP contribution in [0.5, 0.6) is 0 Å². The van der Waals surface area contributed by atoms with Crippen LogP contribution in [-0.4, -0.2) is 23.3 Å². The number of aryl methyl sites for hydroxylation is 1. The summed E-state index contributed by atoms with van der Waals surface area (Å²) in [5, 5.41) is 8.11. The van der Waals surface area contributed by atoms with Gasteiger partial charge in [0.05, 0.1) is 11.9 Å². The van der Waals surface area contributed by atoms with Crippen LogP contribution in [0.1, 0.15) is 5.56 Å². The fourth-order valence-electron chi connectivity index (χ4n) is 2.58. The number of halogens is 2. The highest BCUT2D eigenvalue weighted by atomic mass is 35.5. The first-order chi connectivity index (χ1) is 12.7. The van der Waals surface area contributed by atoms with E-state index in [1.54, 1.807) is 19.4 Å². The lowest BCUT2D eigenvalue weighted by Crippen LogP contribution is -2.11. The van der Waals surface area contributed by atoms with Crippen molar-refractivity contribution in [3.05, 3.63) is 64.3 Å². The molecule has 0 amide bonds. The molecule has 2 N–H and O–H groups in total. The molecule has 27 heavy (non-hydrogen) atoms. The van der Waals surface area contributed by atoms with Gasteiger partial charge in [-0.15, -0.1) is 0 Å². The zero-order valence-corrected chi connectivity index (χ0v) is 17.5. The van der Waals surface area contributed by atoms with Crippen molar-refractivity contribution in [2.45, 2.75) is 6.92 Å². The third-order valence-electron chi connectivity index (χ3n) is 3.92. The second kappa shape index (κ2) is 7.89. The number of hydrogen-bond donors (Lipinski definition) is 2. The Bertz CT molecular complexity index is 1040. The van der Waals surface area contributed by atoms with Crippen molar-refractivity contribution < 1.29 is 4.57 Å². The van der Waals surface area contributed by atoms with E-state index in [0.29, 0.717) is 27.5 Å². The smallest absolute Gasteiger partial charge is 0.229 e. The molecule has 0 saturated carbocycles. The molecule has 0 aliphatic rings. The first-order valence-electron chi connectivity index (χ1n) is 8.21. The molecule has 3 rings (SSSR count). The molecular formula is C19H19Cl2N4OP. The lowest BCUT2D eigenvalue weighted by molar-refractivity contribution is 0.588. The summed E-state index contributed by atoms with van der Waals surface area (Å²) in [5.74, 6) is 0.822. The van der Waals surface area contributed by atoms with Gasteiger partial charge in [-0.05, 0) is 56.1 Å². The molecule has 5 nitrogen and oxygen atoms in total. The summed E-state index contributed by atoms with van der Waals surface area (Å²) in [7, 11) is -2.46. The second-order valence-electron chi connectivity index (χ2n) is 6.47. The minimum atomic E-state index is -2.46. The number of para-hydroxylation sites is 1. The van der Waals surface area contributed by atoms with Gasteiger partial charge in [0.15, 0.2) is 5.82 Å². The maximum atomic E-state index is 12.6. The van der Waals surface area contributed by atoms with Gasteiger partial charge in [0.25, 0.3) is 0 Å². The highest BCUT2D eigenvalue weighted by Gasteiger charge is 2.17. The summed E-state index contributed by atoms with van der Waals surface area (Å²) in [6.07, 6.45) is 1.52. The highest BCUT2D eigenvalue weighted by molar-refractivity contribution is 7.70. The Morgan fingerprint density at radius 3 is 2.44 bits per heavy atom. The predicted molar refractivity (Wildman–Crippen MR) is 115 cm³/mol. The fourth-order valence-corrected chi connectivity index (χ4v) is 4.10. The van der Waals surface area contributed by atoms with E-state index < -0.39 is 7.14 Å². The summed E-state index contributed by atoms with van der Waals surface area (Å²) >= 11 is 12.3. The van der Waals surface area contributed by atoms with Gasteiger partial charge in [-0.1, -0.05) is 35.3 Å². The molecule has 1 aromatic heterocycles. The number of rotatable bonds is 5. The zero-order valence-electron chi connectivity index (χ0n) is 15.1. The number of benzene rings is 2. The van der Waals surface area contributed by atoms with Crippen molar-refractivity contribution in [2.75, 3.05) is 24.0 Å². The Kier molecular flexibility index (Phi) is 5.75.